The lowest BCUT2D eigenvalue weighted by Gasteiger charge is -2.29. The molecule has 1 aromatic carbocycles. The largest absolute Gasteiger partial charge is 0.480 e. The fraction of sp³-hybridized carbons (Fsp3) is 0.522. The van der Waals surface area contributed by atoms with Crippen molar-refractivity contribution in [3.63, 3.8) is 0 Å². The molecule has 1 heterocycles. The third kappa shape index (κ3) is 8.04. The van der Waals surface area contributed by atoms with Gasteiger partial charge in [0.1, 0.15) is 24.2 Å². The summed E-state index contributed by atoms with van der Waals surface area (Å²) >= 11 is 0. The van der Waals surface area contributed by atoms with Gasteiger partial charge < -0.3 is 37.2 Å². The first-order valence-corrected chi connectivity index (χ1v) is 11.4. The van der Waals surface area contributed by atoms with Crippen molar-refractivity contribution in [1.82, 2.24) is 15.5 Å². The zero-order chi connectivity index (χ0) is 26.1. The number of aliphatic hydroxyl groups is 1. The molecule has 5 atom stereocenters. The van der Waals surface area contributed by atoms with Gasteiger partial charge in [-0.25, -0.2) is 4.79 Å². The maximum absolute atomic E-state index is 13.0. The molecule has 0 spiro atoms. The minimum absolute atomic E-state index is 0.0144. The highest BCUT2D eigenvalue weighted by Crippen LogP contribution is 2.19. The molecule has 1 aliphatic heterocycles. The first-order valence-electron chi connectivity index (χ1n) is 11.4. The number of aliphatic hydroxyl groups excluding tert-OH is 1. The van der Waals surface area contributed by atoms with Crippen molar-refractivity contribution in [2.75, 3.05) is 6.54 Å². The average Bonchev–Trinajstić information content (AvgIpc) is 3.30. The van der Waals surface area contributed by atoms with Gasteiger partial charge in [0.2, 0.25) is 23.6 Å². The quantitative estimate of drug-likeness (QED) is 0.197. The van der Waals surface area contributed by atoms with Gasteiger partial charge in [0.05, 0.1) is 6.10 Å². The number of likely N-dealkylation sites (tertiary alicyclic amines) is 1. The monoisotopic (exact) mass is 491 g/mol. The van der Waals surface area contributed by atoms with E-state index in [1.165, 1.54) is 11.8 Å². The van der Waals surface area contributed by atoms with Crippen LogP contribution in [0.4, 0.5) is 0 Å². The second-order valence-corrected chi connectivity index (χ2v) is 8.61. The molecule has 0 aromatic heterocycles. The summed E-state index contributed by atoms with van der Waals surface area (Å²) in [6.07, 6.45) is -0.640. The van der Waals surface area contributed by atoms with E-state index < -0.39 is 59.9 Å². The van der Waals surface area contributed by atoms with Crippen molar-refractivity contribution in [2.24, 2.45) is 11.5 Å². The highest BCUT2D eigenvalue weighted by molar-refractivity contribution is 5.94. The number of primary amides is 1. The van der Waals surface area contributed by atoms with Crippen molar-refractivity contribution in [1.29, 1.82) is 0 Å². The highest BCUT2D eigenvalue weighted by Gasteiger charge is 2.38. The van der Waals surface area contributed by atoms with Gasteiger partial charge in [-0.2, -0.15) is 0 Å². The maximum atomic E-state index is 13.0. The Morgan fingerprint density at radius 3 is 2.34 bits per heavy atom. The van der Waals surface area contributed by atoms with Crippen LogP contribution < -0.4 is 22.1 Å². The van der Waals surface area contributed by atoms with Crippen molar-refractivity contribution in [2.45, 2.75) is 69.3 Å². The van der Waals surface area contributed by atoms with Crippen LogP contribution in [0, 0.1) is 0 Å². The van der Waals surface area contributed by atoms with Crippen LogP contribution in [0.3, 0.4) is 0 Å². The predicted octanol–water partition coefficient (Wildman–Crippen LogP) is -1.75. The SMILES string of the molecule is CC(O)C(N)C(=O)N1CCCC1C(=O)NC(CCC(N)=O)C(=O)NC(Cc1ccccc1)C(=O)O. The van der Waals surface area contributed by atoms with Crippen LogP contribution >= 0.6 is 0 Å². The molecule has 8 N–H and O–H groups in total. The van der Waals surface area contributed by atoms with Crippen LogP contribution in [0.15, 0.2) is 30.3 Å². The molecule has 1 aromatic rings. The van der Waals surface area contributed by atoms with Crippen LogP contribution in [-0.2, 0) is 30.4 Å². The van der Waals surface area contributed by atoms with Gasteiger partial charge in [-0.05, 0) is 31.7 Å². The van der Waals surface area contributed by atoms with Crippen LogP contribution in [0.1, 0.15) is 38.2 Å². The number of nitrogens with two attached hydrogens (primary N) is 2. The zero-order valence-electron chi connectivity index (χ0n) is 19.6. The lowest BCUT2D eigenvalue weighted by atomic mass is 10.0. The predicted molar refractivity (Wildman–Crippen MR) is 124 cm³/mol. The lowest BCUT2D eigenvalue weighted by Crippen LogP contribution is -2.57. The normalized spacial score (nSPS) is 18.7. The Hall–Kier alpha value is -3.51. The van der Waals surface area contributed by atoms with Gasteiger partial charge in [-0.1, -0.05) is 30.3 Å². The third-order valence-corrected chi connectivity index (χ3v) is 5.85. The molecule has 2 rings (SSSR count). The van der Waals surface area contributed by atoms with Gasteiger partial charge in [-0.15, -0.1) is 0 Å². The van der Waals surface area contributed by atoms with E-state index in [0.717, 1.165) is 0 Å². The fourth-order valence-corrected chi connectivity index (χ4v) is 3.85. The Balaban J connectivity index is 2.13. The number of nitrogens with one attached hydrogen (secondary N) is 2. The highest BCUT2D eigenvalue weighted by atomic mass is 16.4. The molecule has 192 valence electrons. The molecule has 0 aliphatic carbocycles. The number of nitrogens with zero attached hydrogens (tertiary/aromatic N) is 1. The number of carboxylic acid groups (broad SMARTS) is 1. The Bertz CT molecular complexity index is 924. The summed E-state index contributed by atoms with van der Waals surface area (Å²) < 4.78 is 0. The van der Waals surface area contributed by atoms with E-state index in [1.54, 1.807) is 30.3 Å². The molecule has 4 amide bonds. The molecular weight excluding hydrogens is 458 g/mol. The number of carbonyl (C=O) groups excluding carboxylic acids is 4. The van der Waals surface area contributed by atoms with Gasteiger partial charge in [0, 0.05) is 19.4 Å². The molecule has 1 aliphatic rings. The molecule has 35 heavy (non-hydrogen) atoms. The molecular formula is C23H33N5O7. The second-order valence-electron chi connectivity index (χ2n) is 8.61. The molecule has 1 saturated heterocycles. The fourth-order valence-electron chi connectivity index (χ4n) is 3.85. The summed E-state index contributed by atoms with van der Waals surface area (Å²) in [5.74, 6) is -3.99. The molecule has 0 bridgehead atoms. The summed E-state index contributed by atoms with van der Waals surface area (Å²) in [6, 6.07) is 4.05. The lowest BCUT2D eigenvalue weighted by molar-refractivity contribution is -0.143. The molecule has 0 saturated carbocycles. The van der Waals surface area contributed by atoms with E-state index in [9.17, 15) is 34.2 Å². The van der Waals surface area contributed by atoms with E-state index in [4.69, 9.17) is 11.5 Å². The number of hydrogen-bond acceptors (Lipinski definition) is 7. The molecule has 5 unspecified atom stereocenters. The third-order valence-electron chi connectivity index (χ3n) is 5.85. The topological polar surface area (TPSA) is 205 Å². The zero-order valence-corrected chi connectivity index (χ0v) is 19.6. The molecule has 1 fully saturated rings. The summed E-state index contributed by atoms with van der Waals surface area (Å²) in [5, 5.41) is 24.2. The standard InChI is InChI=1S/C23H33N5O7/c1-13(29)19(25)22(33)28-11-5-8-17(28)21(32)26-15(9-10-18(24)30)20(31)27-16(23(34)35)12-14-6-3-2-4-7-14/h2-4,6-7,13,15-17,19,29H,5,8-12,25H2,1H3,(H2,24,30)(H,26,32)(H,27,31)(H,34,35). The maximum Gasteiger partial charge on any atom is 0.326 e. The minimum atomic E-state index is -1.27. The van der Waals surface area contributed by atoms with E-state index >= 15 is 0 Å². The number of carbonyl (C=O) groups is 5. The Morgan fingerprint density at radius 1 is 1.11 bits per heavy atom. The van der Waals surface area contributed by atoms with Gasteiger partial charge in [0.25, 0.3) is 0 Å². The van der Waals surface area contributed by atoms with Gasteiger partial charge in [0.15, 0.2) is 0 Å². The molecule has 12 nitrogen and oxygen atoms in total. The first-order chi connectivity index (χ1) is 16.5. The number of amides is 4. The van der Waals surface area contributed by atoms with Crippen molar-refractivity contribution < 1.29 is 34.2 Å². The Labute approximate surface area is 203 Å². The Kier molecular flexibility index (Phi) is 10.2. The first kappa shape index (κ1) is 27.7. The number of aliphatic carboxylic acids is 1. The van der Waals surface area contributed by atoms with Crippen LogP contribution in [0.25, 0.3) is 0 Å². The Morgan fingerprint density at radius 2 is 1.77 bits per heavy atom. The van der Waals surface area contributed by atoms with E-state index in [-0.39, 0.29) is 25.8 Å². The second kappa shape index (κ2) is 12.8. The number of carboxylic acids is 1. The van der Waals surface area contributed by atoms with Gasteiger partial charge >= 0.3 is 5.97 Å². The van der Waals surface area contributed by atoms with Crippen LogP contribution in [0.2, 0.25) is 0 Å². The van der Waals surface area contributed by atoms with Crippen molar-refractivity contribution in [3.8, 4) is 0 Å². The van der Waals surface area contributed by atoms with E-state index in [1.807, 2.05) is 0 Å². The summed E-state index contributed by atoms with van der Waals surface area (Å²) in [6.45, 7) is 1.62. The summed E-state index contributed by atoms with van der Waals surface area (Å²) in [4.78, 5) is 62.8. The van der Waals surface area contributed by atoms with Crippen molar-refractivity contribution >= 4 is 29.6 Å². The van der Waals surface area contributed by atoms with Crippen molar-refractivity contribution in [3.05, 3.63) is 35.9 Å². The molecule has 0 radical (unpaired) electrons. The van der Waals surface area contributed by atoms with Crippen LogP contribution in [-0.4, -0.2) is 81.5 Å². The van der Waals surface area contributed by atoms with Gasteiger partial charge in [-0.3, -0.25) is 19.2 Å². The molecule has 12 heteroatoms. The summed E-state index contributed by atoms with van der Waals surface area (Å²) in [7, 11) is 0. The number of benzene rings is 1. The number of rotatable bonds is 12. The average molecular weight is 492 g/mol. The van der Waals surface area contributed by atoms with Crippen LogP contribution in [0.5, 0.6) is 0 Å². The summed E-state index contributed by atoms with van der Waals surface area (Å²) in [5.41, 5.74) is 11.6. The minimum Gasteiger partial charge on any atom is -0.480 e. The smallest absolute Gasteiger partial charge is 0.326 e. The van der Waals surface area contributed by atoms with E-state index in [2.05, 4.69) is 10.6 Å². The van der Waals surface area contributed by atoms with E-state index in [0.29, 0.717) is 18.4 Å². The number of hydrogen-bond donors (Lipinski definition) is 6.